The Kier molecular flexibility index (Phi) is 3.87. The number of pyridine rings is 1. The Balaban J connectivity index is 2.00. The Bertz CT molecular complexity index is 470. The number of rotatable bonds is 4. The summed E-state index contributed by atoms with van der Waals surface area (Å²) in [6, 6.07) is 3.01. The average Bonchev–Trinajstić information content (AvgIpc) is 2.37. The van der Waals surface area contributed by atoms with Crippen molar-refractivity contribution in [2.75, 3.05) is 17.6 Å². The van der Waals surface area contributed by atoms with Crippen LogP contribution in [0, 0.1) is 15.5 Å². The van der Waals surface area contributed by atoms with E-state index in [-0.39, 0.29) is 16.9 Å². The first kappa shape index (κ1) is 13.6. The second kappa shape index (κ2) is 5.42. The van der Waals surface area contributed by atoms with Gasteiger partial charge in [-0.2, -0.15) is 0 Å². The average molecular weight is 264 g/mol. The lowest BCUT2D eigenvalue weighted by Crippen LogP contribution is -2.29. The van der Waals surface area contributed by atoms with E-state index in [1.165, 1.54) is 38.2 Å². The summed E-state index contributed by atoms with van der Waals surface area (Å²) in [5.41, 5.74) is 5.72. The first-order chi connectivity index (χ1) is 9.00. The maximum atomic E-state index is 10.7. The molecule has 0 atom stereocenters. The fraction of sp³-hybridized carbons (Fsp3) is 0.615. The normalized spacial score (nSPS) is 17.9. The van der Waals surface area contributed by atoms with Gasteiger partial charge in [-0.25, -0.2) is 4.98 Å². The van der Waals surface area contributed by atoms with Crippen molar-refractivity contribution in [1.29, 1.82) is 0 Å². The van der Waals surface area contributed by atoms with Crippen LogP contribution >= 0.6 is 0 Å². The number of anilines is 2. The molecule has 0 aliphatic heterocycles. The van der Waals surface area contributed by atoms with Crippen LogP contribution in [0.2, 0.25) is 0 Å². The Labute approximate surface area is 112 Å². The van der Waals surface area contributed by atoms with Crippen molar-refractivity contribution in [2.45, 2.75) is 39.0 Å². The summed E-state index contributed by atoms with van der Waals surface area (Å²) in [6.45, 7) is 3.10. The molecule has 3 N–H and O–H groups in total. The quantitative estimate of drug-likeness (QED) is 0.644. The van der Waals surface area contributed by atoms with Crippen molar-refractivity contribution >= 4 is 17.3 Å². The van der Waals surface area contributed by atoms with Crippen LogP contribution in [0.15, 0.2) is 12.1 Å². The van der Waals surface area contributed by atoms with Gasteiger partial charge in [-0.05, 0) is 24.3 Å². The fourth-order valence-electron chi connectivity index (χ4n) is 2.61. The summed E-state index contributed by atoms with van der Waals surface area (Å²) in [5, 5.41) is 13.9. The molecule has 0 amide bonds. The molecule has 0 bridgehead atoms. The zero-order valence-corrected chi connectivity index (χ0v) is 11.2. The maximum Gasteiger partial charge on any atom is 0.311 e. The molecule has 6 nitrogen and oxygen atoms in total. The van der Waals surface area contributed by atoms with Gasteiger partial charge in [-0.1, -0.05) is 26.2 Å². The van der Waals surface area contributed by atoms with E-state index in [1.807, 2.05) is 0 Å². The van der Waals surface area contributed by atoms with Crippen molar-refractivity contribution in [3.05, 3.63) is 22.2 Å². The first-order valence-corrected chi connectivity index (χ1v) is 6.65. The van der Waals surface area contributed by atoms with E-state index in [0.29, 0.717) is 5.82 Å². The zero-order chi connectivity index (χ0) is 13.9. The highest BCUT2D eigenvalue weighted by molar-refractivity contribution is 5.57. The van der Waals surface area contributed by atoms with Crippen LogP contribution in [-0.2, 0) is 0 Å². The van der Waals surface area contributed by atoms with E-state index in [2.05, 4.69) is 17.2 Å². The minimum absolute atomic E-state index is 0.0382. The standard InChI is InChI=1S/C13H20N4O2/c1-13(7-3-2-4-8-13)9-15-11-6-5-10(17(18)19)12(14)16-11/h5-6H,2-4,7-9H2,1H3,(H3,14,15,16). The van der Waals surface area contributed by atoms with Crippen molar-refractivity contribution in [2.24, 2.45) is 5.41 Å². The van der Waals surface area contributed by atoms with E-state index in [4.69, 9.17) is 5.73 Å². The molecular formula is C13H20N4O2. The van der Waals surface area contributed by atoms with E-state index in [9.17, 15) is 10.1 Å². The molecular weight excluding hydrogens is 244 g/mol. The smallest absolute Gasteiger partial charge is 0.311 e. The van der Waals surface area contributed by atoms with Crippen LogP contribution in [-0.4, -0.2) is 16.5 Å². The Morgan fingerprint density at radius 2 is 2.11 bits per heavy atom. The lowest BCUT2D eigenvalue weighted by Gasteiger charge is -2.33. The van der Waals surface area contributed by atoms with Gasteiger partial charge >= 0.3 is 5.69 Å². The lowest BCUT2D eigenvalue weighted by molar-refractivity contribution is -0.384. The number of nitrogens with zero attached hydrogens (tertiary/aromatic N) is 2. The SMILES string of the molecule is CC1(CNc2ccc([N+](=O)[O-])c(N)n2)CCCCC1. The second-order valence-electron chi connectivity index (χ2n) is 5.58. The van der Waals surface area contributed by atoms with E-state index in [1.54, 1.807) is 6.07 Å². The number of hydrogen-bond acceptors (Lipinski definition) is 5. The third kappa shape index (κ3) is 3.33. The van der Waals surface area contributed by atoms with Gasteiger partial charge in [-0.3, -0.25) is 10.1 Å². The molecule has 2 rings (SSSR count). The van der Waals surface area contributed by atoms with Gasteiger partial charge in [-0.15, -0.1) is 0 Å². The third-order valence-electron chi connectivity index (χ3n) is 3.86. The maximum absolute atomic E-state index is 10.7. The highest BCUT2D eigenvalue weighted by Crippen LogP contribution is 2.35. The molecule has 1 aliphatic carbocycles. The lowest BCUT2D eigenvalue weighted by atomic mass is 9.76. The summed E-state index contributed by atoms with van der Waals surface area (Å²) in [7, 11) is 0. The number of nitrogens with two attached hydrogens (primary N) is 1. The van der Waals surface area contributed by atoms with Gasteiger partial charge in [0.15, 0.2) is 0 Å². The van der Waals surface area contributed by atoms with Crippen molar-refractivity contribution in [3.63, 3.8) is 0 Å². The van der Waals surface area contributed by atoms with Crippen LogP contribution < -0.4 is 11.1 Å². The van der Waals surface area contributed by atoms with Crippen LogP contribution in [0.4, 0.5) is 17.3 Å². The summed E-state index contributed by atoms with van der Waals surface area (Å²) < 4.78 is 0. The highest BCUT2D eigenvalue weighted by Gasteiger charge is 2.26. The van der Waals surface area contributed by atoms with Crippen LogP contribution in [0.25, 0.3) is 0 Å². The molecule has 1 saturated carbocycles. The number of nitrogen functional groups attached to an aromatic ring is 1. The highest BCUT2D eigenvalue weighted by atomic mass is 16.6. The summed E-state index contributed by atoms with van der Waals surface area (Å²) >= 11 is 0. The molecule has 0 unspecified atom stereocenters. The Hall–Kier alpha value is -1.85. The van der Waals surface area contributed by atoms with Gasteiger partial charge in [0.25, 0.3) is 0 Å². The van der Waals surface area contributed by atoms with E-state index in [0.717, 1.165) is 6.54 Å². The number of hydrogen-bond donors (Lipinski definition) is 2. The molecule has 0 spiro atoms. The summed E-state index contributed by atoms with van der Waals surface area (Å²) in [5.74, 6) is 0.568. The van der Waals surface area contributed by atoms with Gasteiger partial charge in [0.2, 0.25) is 5.82 Å². The fourth-order valence-corrected chi connectivity index (χ4v) is 2.61. The van der Waals surface area contributed by atoms with Crippen molar-refractivity contribution in [1.82, 2.24) is 4.98 Å². The van der Waals surface area contributed by atoms with Crippen molar-refractivity contribution < 1.29 is 4.92 Å². The topological polar surface area (TPSA) is 94.1 Å². The Morgan fingerprint density at radius 3 is 2.68 bits per heavy atom. The molecule has 1 aromatic rings. The molecule has 19 heavy (non-hydrogen) atoms. The number of aromatic nitrogens is 1. The molecule has 1 aliphatic rings. The minimum atomic E-state index is -0.519. The van der Waals surface area contributed by atoms with Gasteiger partial charge in [0.1, 0.15) is 5.82 Å². The minimum Gasteiger partial charge on any atom is -0.378 e. The first-order valence-electron chi connectivity index (χ1n) is 6.65. The number of nitrogens with one attached hydrogen (secondary N) is 1. The molecule has 0 saturated heterocycles. The zero-order valence-electron chi connectivity index (χ0n) is 11.2. The van der Waals surface area contributed by atoms with E-state index < -0.39 is 4.92 Å². The van der Waals surface area contributed by atoms with Crippen molar-refractivity contribution in [3.8, 4) is 0 Å². The molecule has 6 heteroatoms. The summed E-state index contributed by atoms with van der Waals surface area (Å²) in [6.07, 6.45) is 6.28. The number of nitro groups is 1. The predicted octanol–water partition coefficient (Wildman–Crippen LogP) is 2.95. The largest absolute Gasteiger partial charge is 0.378 e. The van der Waals surface area contributed by atoms with Gasteiger partial charge in [0, 0.05) is 12.6 Å². The molecule has 1 heterocycles. The predicted molar refractivity (Wildman–Crippen MR) is 75.0 cm³/mol. The monoisotopic (exact) mass is 264 g/mol. The van der Waals surface area contributed by atoms with Gasteiger partial charge < -0.3 is 11.1 Å². The molecule has 0 aromatic carbocycles. The van der Waals surface area contributed by atoms with Crippen LogP contribution in [0.5, 0.6) is 0 Å². The third-order valence-corrected chi connectivity index (χ3v) is 3.86. The molecule has 0 radical (unpaired) electrons. The van der Waals surface area contributed by atoms with Crippen LogP contribution in [0.3, 0.4) is 0 Å². The van der Waals surface area contributed by atoms with Gasteiger partial charge in [0.05, 0.1) is 4.92 Å². The van der Waals surface area contributed by atoms with Crippen LogP contribution in [0.1, 0.15) is 39.0 Å². The molecule has 1 fully saturated rings. The molecule has 104 valence electrons. The Morgan fingerprint density at radius 1 is 1.42 bits per heavy atom. The second-order valence-corrected chi connectivity index (χ2v) is 5.58. The molecule has 1 aromatic heterocycles. The van der Waals surface area contributed by atoms with E-state index >= 15 is 0 Å². The summed E-state index contributed by atoms with van der Waals surface area (Å²) in [4.78, 5) is 14.2.